The average molecular weight is 309 g/mol. The second kappa shape index (κ2) is 7.13. The lowest BCUT2D eigenvalue weighted by atomic mass is 10.1. The molecule has 0 bridgehead atoms. The van der Waals surface area contributed by atoms with Crippen LogP contribution in [0.5, 0.6) is 11.5 Å². The van der Waals surface area contributed by atoms with Crippen molar-refractivity contribution < 1.29 is 28.9 Å². The average Bonchev–Trinajstić information content (AvgIpc) is 2.54. The Bertz CT molecular complexity index is 559. The van der Waals surface area contributed by atoms with E-state index >= 15 is 0 Å². The van der Waals surface area contributed by atoms with Gasteiger partial charge < -0.3 is 24.2 Å². The number of nitrogens with zero attached hydrogens (tertiary/aromatic N) is 1. The molecule has 1 heterocycles. The minimum atomic E-state index is -1.06. The Labute approximate surface area is 128 Å². The zero-order valence-corrected chi connectivity index (χ0v) is 12.6. The van der Waals surface area contributed by atoms with E-state index in [4.69, 9.17) is 19.3 Å². The Balaban J connectivity index is 2.09. The quantitative estimate of drug-likeness (QED) is 0.855. The molecule has 1 atom stereocenters. The van der Waals surface area contributed by atoms with Crippen LogP contribution in [0.25, 0.3) is 0 Å². The zero-order chi connectivity index (χ0) is 16.1. The van der Waals surface area contributed by atoms with Gasteiger partial charge in [-0.2, -0.15) is 0 Å². The molecular weight excluding hydrogens is 290 g/mol. The maximum absolute atomic E-state index is 12.4. The topological polar surface area (TPSA) is 85.3 Å². The SMILES string of the molecule is COc1ccc(OC)c(CC(=O)N2CCOC(C(=O)O)C2)c1. The van der Waals surface area contributed by atoms with Gasteiger partial charge in [0.1, 0.15) is 11.5 Å². The van der Waals surface area contributed by atoms with Crippen molar-refractivity contribution in [2.45, 2.75) is 12.5 Å². The molecular formula is C15H19NO6. The lowest BCUT2D eigenvalue weighted by Gasteiger charge is -2.31. The van der Waals surface area contributed by atoms with E-state index < -0.39 is 12.1 Å². The second-order valence-electron chi connectivity index (χ2n) is 4.89. The van der Waals surface area contributed by atoms with E-state index in [9.17, 15) is 9.59 Å². The van der Waals surface area contributed by atoms with Gasteiger partial charge in [0.2, 0.25) is 5.91 Å². The predicted molar refractivity (Wildman–Crippen MR) is 77.2 cm³/mol. The Morgan fingerprint density at radius 2 is 2.14 bits per heavy atom. The van der Waals surface area contributed by atoms with Crippen molar-refractivity contribution in [2.24, 2.45) is 0 Å². The number of benzene rings is 1. The summed E-state index contributed by atoms with van der Waals surface area (Å²) in [4.78, 5) is 24.9. The fourth-order valence-electron chi connectivity index (χ4n) is 2.32. The smallest absolute Gasteiger partial charge is 0.334 e. The molecule has 7 nitrogen and oxygen atoms in total. The number of hydrogen-bond donors (Lipinski definition) is 1. The molecule has 1 aromatic carbocycles. The Morgan fingerprint density at radius 3 is 2.77 bits per heavy atom. The molecule has 0 aliphatic carbocycles. The predicted octanol–water partition coefficient (Wildman–Crippen LogP) is 0.558. The van der Waals surface area contributed by atoms with Crippen LogP contribution >= 0.6 is 0 Å². The summed E-state index contributed by atoms with van der Waals surface area (Å²) in [7, 11) is 3.08. The third-order valence-electron chi connectivity index (χ3n) is 3.52. The summed E-state index contributed by atoms with van der Waals surface area (Å²) in [5.41, 5.74) is 0.699. The van der Waals surface area contributed by atoms with E-state index in [0.29, 0.717) is 23.6 Å². The number of carbonyl (C=O) groups is 2. The summed E-state index contributed by atoms with van der Waals surface area (Å²) in [5, 5.41) is 8.98. The van der Waals surface area contributed by atoms with Crippen LogP contribution in [-0.4, -0.2) is 61.9 Å². The molecule has 0 saturated carbocycles. The van der Waals surface area contributed by atoms with Crippen LogP contribution in [0.15, 0.2) is 18.2 Å². The molecule has 1 N–H and O–H groups in total. The van der Waals surface area contributed by atoms with Gasteiger partial charge in [-0.25, -0.2) is 4.79 Å². The first-order valence-electron chi connectivity index (χ1n) is 6.88. The highest BCUT2D eigenvalue weighted by Gasteiger charge is 2.29. The minimum absolute atomic E-state index is 0.0560. The highest BCUT2D eigenvalue weighted by Crippen LogP contribution is 2.25. The van der Waals surface area contributed by atoms with Crippen molar-refractivity contribution in [1.82, 2.24) is 4.90 Å². The zero-order valence-electron chi connectivity index (χ0n) is 12.6. The number of carbonyl (C=O) groups excluding carboxylic acids is 1. The molecule has 1 fully saturated rings. The van der Waals surface area contributed by atoms with Crippen LogP contribution < -0.4 is 9.47 Å². The summed E-state index contributed by atoms with van der Waals surface area (Å²) < 4.78 is 15.5. The van der Waals surface area contributed by atoms with Gasteiger partial charge in [-0.05, 0) is 18.2 Å². The van der Waals surface area contributed by atoms with Gasteiger partial charge >= 0.3 is 5.97 Å². The summed E-state index contributed by atoms with van der Waals surface area (Å²) >= 11 is 0. The molecule has 22 heavy (non-hydrogen) atoms. The van der Waals surface area contributed by atoms with Crippen LogP contribution in [-0.2, 0) is 20.7 Å². The summed E-state index contributed by atoms with van der Waals surface area (Å²) in [6, 6.07) is 5.23. The molecule has 1 unspecified atom stereocenters. The molecule has 120 valence electrons. The van der Waals surface area contributed by atoms with Gasteiger partial charge in [0.05, 0.1) is 33.8 Å². The number of hydrogen-bond acceptors (Lipinski definition) is 5. The normalized spacial score (nSPS) is 17.9. The van der Waals surface area contributed by atoms with Crippen molar-refractivity contribution in [3.63, 3.8) is 0 Å². The molecule has 0 radical (unpaired) electrons. The van der Waals surface area contributed by atoms with Gasteiger partial charge in [-0.3, -0.25) is 4.79 Å². The minimum Gasteiger partial charge on any atom is -0.497 e. The number of morpholine rings is 1. The van der Waals surface area contributed by atoms with Gasteiger partial charge in [0.25, 0.3) is 0 Å². The third kappa shape index (κ3) is 3.67. The number of aliphatic carboxylic acids is 1. The van der Waals surface area contributed by atoms with Crippen LogP contribution in [0.2, 0.25) is 0 Å². The van der Waals surface area contributed by atoms with E-state index in [1.165, 1.54) is 12.0 Å². The second-order valence-corrected chi connectivity index (χ2v) is 4.89. The van der Waals surface area contributed by atoms with Crippen molar-refractivity contribution in [1.29, 1.82) is 0 Å². The fourth-order valence-corrected chi connectivity index (χ4v) is 2.32. The molecule has 1 saturated heterocycles. The number of carboxylic acids is 1. The number of rotatable bonds is 5. The lowest BCUT2D eigenvalue weighted by molar-refractivity contribution is -0.159. The maximum Gasteiger partial charge on any atom is 0.334 e. The highest BCUT2D eigenvalue weighted by molar-refractivity contribution is 5.81. The summed E-state index contributed by atoms with van der Waals surface area (Å²) in [6.45, 7) is 0.660. The Hall–Kier alpha value is -2.28. The Morgan fingerprint density at radius 1 is 1.36 bits per heavy atom. The largest absolute Gasteiger partial charge is 0.497 e. The van der Waals surface area contributed by atoms with Crippen LogP contribution in [0.4, 0.5) is 0 Å². The first-order valence-corrected chi connectivity index (χ1v) is 6.88. The standard InChI is InChI=1S/C15H19NO6/c1-20-11-3-4-12(21-2)10(7-11)8-14(17)16-5-6-22-13(9-16)15(18)19/h3-4,7,13H,5-6,8-9H2,1-2H3,(H,18,19). The van der Waals surface area contributed by atoms with Crippen LogP contribution in [0, 0.1) is 0 Å². The first-order chi connectivity index (χ1) is 10.5. The summed E-state index contributed by atoms with van der Waals surface area (Å²) in [5.74, 6) is 0.00347. The lowest BCUT2D eigenvalue weighted by Crippen LogP contribution is -2.49. The monoisotopic (exact) mass is 309 g/mol. The van der Waals surface area contributed by atoms with Crippen molar-refractivity contribution >= 4 is 11.9 Å². The number of methoxy groups -OCH3 is 2. The van der Waals surface area contributed by atoms with Crippen molar-refractivity contribution in [3.05, 3.63) is 23.8 Å². The number of ether oxygens (including phenoxy) is 3. The Kier molecular flexibility index (Phi) is 5.21. The van der Waals surface area contributed by atoms with E-state index in [0.717, 1.165) is 0 Å². The number of amides is 1. The van der Waals surface area contributed by atoms with E-state index in [1.807, 2.05) is 0 Å². The van der Waals surface area contributed by atoms with Crippen LogP contribution in [0.3, 0.4) is 0 Å². The maximum atomic E-state index is 12.4. The molecule has 1 amide bonds. The van der Waals surface area contributed by atoms with Crippen molar-refractivity contribution in [3.8, 4) is 11.5 Å². The van der Waals surface area contributed by atoms with E-state index in [2.05, 4.69) is 0 Å². The van der Waals surface area contributed by atoms with E-state index in [-0.39, 0.29) is 25.5 Å². The molecule has 0 aromatic heterocycles. The van der Waals surface area contributed by atoms with Gasteiger partial charge in [0, 0.05) is 12.1 Å². The molecule has 2 rings (SSSR count). The molecule has 1 aromatic rings. The molecule has 0 spiro atoms. The van der Waals surface area contributed by atoms with Gasteiger partial charge in [-0.1, -0.05) is 0 Å². The van der Waals surface area contributed by atoms with E-state index in [1.54, 1.807) is 25.3 Å². The van der Waals surface area contributed by atoms with Gasteiger partial charge in [0.15, 0.2) is 6.10 Å². The third-order valence-corrected chi connectivity index (χ3v) is 3.52. The molecule has 7 heteroatoms. The summed E-state index contributed by atoms with van der Waals surface area (Å²) in [6.07, 6.45) is -0.850. The van der Waals surface area contributed by atoms with Crippen molar-refractivity contribution in [2.75, 3.05) is 33.9 Å². The highest BCUT2D eigenvalue weighted by atomic mass is 16.5. The van der Waals surface area contributed by atoms with Gasteiger partial charge in [-0.15, -0.1) is 0 Å². The first kappa shape index (κ1) is 16.1. The number of carboxylic acid groups (broad SMARTS) is 1. The van der Waals surface area contributed by atoms with Crippen LogP contribution in [0.1, 0.15) is 5.56 Å². The fraction of sp³-hybridized carbons (Fsp3) is 0.467. The molecule has 1 aliphatic heterocycles. The molecule has 1 aliphatic rings.